The summed E-state index contributed by atoms with van der Waals surface area (Å²) in [5.74, 6) is 0.921. The zero-order valence-corrected chi connectivity index (χ0v) is 16.8. The predicted molar refractivity (Wildman–Crippen MR) is 116 cm³/mol. The molecular weight excluding hydrogens is 344 g/mol. The summed E-state index contributed by atoms with van der Waals surface area (Å²) in [5, 5.41) is 1.32. The maximum atomic E-state index is 12.7. The van der Waals surface area contributed by atoms with Gasteiger partial charge in [-0.2, -0.15) is 0 Å². The number of aromatic amines is 1. The number of rotatable bonds is 6. The van der Waals surface area contributed by atoms with Crippen molar-refractivity contribution < 1.29 is 4.79 Å². The van der Waals surface area contributed by atoms with E-state index in [4.69, 9.17) is 0 Å². The van der Waals surface area contributed by atoms with Gasteiger partial charge in [0.2, 0.25) is 5.91 Å². The molecule has 0 atom stereocenters. The van der Waals surface area contributed by atoms with Crippen LogP contribution in [-0.4, -0.2) is 28.9 Å². The Morgan fingerprint density at radius 3 is 2.64 bits per heavy atom. The topological polar surface area (TPSA) is 36.1 Å². The second-order valence-corrected chi connectivity index (χ2v) is 7.97. The Morgan fingerprint density at radius 2 is 1.89 bits per heavy atom. The van der Waals surface area contributed by atoms with Crippen molar-refractivity contribution in [3.63, 3.8) is 0 Å². The van der Waals surface area contributed by atoms with Crippen LogP contribution in [-0.2, 0) is 17.6 Å². The van der Waals surface area contributed by atoms with Gasteiger partial charge in [-0.1, -0.05) is 43.3 Å². The van der Waals surface area contributed by atoms with E-state index in [-0.39, 0.29) is 0 Å². The average molecular weight is 375 g/mol. The Balaban J connectivity index is 1.27. The highest BCUT2D eigenvalue weighted by Gasteiger charge is 2.23. The smallest absolute Gasteiger partial charge is 0.222 e. The number of fused-ring (bicyclic) bond motifs is 1. The molecule has 0 spiro atoms. The fourth-order valence-electron chi connectivity index (χ4n) is 4.43. The van der Waals surface area contributed by atoms with Gasteiger partial charge < -0.3 is 9.88 Å². The molecule has 28 heavy (non-hydrogen) atoms. The minimum Gasteiger partial charge on any atom is -0.361 e. The fraction of sp³-hybridized carbons (Fsp3) is 0.400. The first-order valence-electron chi connectivity index (χ1n) is 10.7. The summed E-state index contributed by atoms with van der Waals surface area (Å²) in [5.41, 5.74) is 5.31. The number of hydrogen-bond donors (Lipinski definition) is 1. The van der Waals surface area contributed by atoms with Crippen LogP contribution < -0.4 is 0 Å². The molecule has 0 bridgehead atoms. The molecule has 3 heteroatoms. The summed E-state index contributed by atoms with van der Waals surface area (Å²) < 4.78 is 0. The van der Waals surface area contributed by atoms with E-state index in [9.17, 15) is 4.79 Å². The third-order valence-electron chi connectivity index (χ3n) is 6.20. The molecule has 4 rings (SSSR count). The van der Waals surface area contributed by atoms with E-state index < -0.39 is 0 Å². The standard InChI is InChI=1S/C25H30N2O/c1-2-19-11-12-24-23(17-19)22(18-26-24)9-6-10-25(28)27-15-13-21(14-16-27)20-7-4-3-5-8-20/h3-5,7-8,11-12,17-18,21,26H,2,6,9-10,13-16H2,1H3. The van der Waals surface area contributed by atoms with Gasteiger partial charge in [0.15, 0.2) is 0 Å². The third-order valence-corrected chi connectivity index (χ3v) is 6.20. The van der Waals surface area contributed by atoms with Crippen LogP contribution in [0.5, 0.6) is 0 Å². The SMILES string of the molecule is CCc1ccc2[nH]cc(CCCC(=O)N3CCC(c4ccccc4)CC3)c2c1. The number of aromatic nitrogens is 1. The fourth-order valence-corrected chi connectivity index (χ4v) is 4.43. The van der Waals surface area contributed by atoms with Crippen LogP contribution in [0, 0.1) is 0 Å². The summed E-state index contributed by atoms with van der Waals surface area (Å²) >= 11 is 0. The van der Waals surface area contributed by atoms with Crippen molar-refractivity contribution in [2.24, 2.45) is 0 Å². The van der Waals surface area contributed by atoms with Crippen LogP contribution in [0.25, 0.3) is 10.9 Å². The molecule has 1 amide bonds. The van der Waals surface area contributed by atoms with Crippen molar-refractivity contribution >= 4 is 16.8 Å². The number of aryl methyl sites for hydroxylation is 2. The lowest BCUT2D eigenvalue weighted by molar-refractivity contribution is -0.132. The van der Waals surface area contributed by atoms with Gasteiger partial charge in [-0.05, 0) is 66.8 Å². The molecule has 1 aliphatic heterocycles. The molecule has 1 aromatic heterocycles. The van der Waals surface area contributed by atoms with Crippen LogP contribution in [0.1, 0.15) is 55.2 Å². The van der Waals surface area contributed by atoms with Crippen molar-refractivity contribution in [1.82, 2.24) is 9.88 Å². The van der Waals surface area contributed by atoms with Gasteiger partial charge in [-0.15, -0.1) is 0 Å². The van der Waals surface area contributed by atoms with Gasteiger partial charge in [0.05, 0.1) is 0 Å². The molecule has 3 nitrogen and oxygen atoms in total. The number of likely N-dealkylation sites (tertiary alicyclic amines) is 1. The lowest BCUT2D eigenvalue weighted by atomic mass is 9.89. The van der Waals surface area contributed by atoms with Crippen LogP contribution in [0.15, 0.2) is 54.7 Å². The molecule has 2 aromatic carbocycles. The monoisotopic (exact) mass is 374 g/mol. The summed E-state index contributed by atoms with van der Waals surface area (Å²) in [4.78, 5) is 18.1. The van der Waals surface area contributed by atoms with Gasteiger partial charge in [-0.25, -0.2) is 0 Å². The van der Waals surface area contributed by atoms with Gasteiger partial charge in [0, 0.05) is 36.6 Å². The van der Waals surface area contributed by atoms with Crippen molar-refractivity contribution in [1.29, 1.82) is 0 Å². The first-order chi connectivity index (χ1) is 13.7. The Morgan fingerprint density at radius 1 is 1.11 bits per heavy atom. The maximum Gasteiger partial charge on any atom is 0.222 e. The van der Waals surface area contributed by atoms with Gasteiger partial charge in [0.25, 0.3) is 0 Å². The number of amides is 1. The molecule has 2 heterocycles. The van der Waals surface area contributed by atoms with Crippen molar-refractivity contribution in [3.8, 4) is 0 Å². The number of hydrogen-bond acceptors (Lipinski definition) is 1. The lowest BCUT2D eigenvalue weighted by Gasteiger charge is -2.32. The van der Waals surface area contributed by atoms with Crippen LogP contribution in [0.2, 0.25) is 0 Å². The van der Waals surface area contributed by atoms with E-state index in [1.807, 2.05) is 0 Å². The first-order valence-corrected chi connectivity index (χ1v) is 10.7. The predicted octanol–water partition coefficient (Wildman–Crippen LogP) is 5.46. The summed E-state index contributed by atoms with van der Waals surface area (Å²) in [6.45, 7) is 3.98. The molecule has 1 aliphatic rings. The highest BCUT2D eigenvalue weighted by molar-refractivity contribution is 5.84. The Bertz CT molecular complexity index is 920. The lowest BCUT2D eigenvalue weighted by Crippen LogP contribution is -2.37. The number of benzene rings is 2. The number of nitrogens with one attached hydrogen (secondary N) is 1. The highest BCUT2D eigenvalue weighted by atomic mass is 16.2. The zero-order valence-electron chi connectivity index (χ0n) is 16.8. The van der Waals surface area contributed by atoms with E-state index in [0.717, 1.165) is 45.2 Å². The number of piperidine rings is 1. The second kappa shape index (κ2) is 8.64. The molecule has 3 aromatic rings. The molecule has 0 radical (unpaired) electrons. The third kappa shape index (κ3) is 4.14. The van der Waals surface area contributed by atoms with E-state index in [0.29, 0.717) is 18.2 Å². The Labute approximate surface area is 167 Å². The number of carbonyl (C=O) groups is 1. The maximum absolute atomic E-state index is 12.7. The summed E-state index contributed by atoms with van der Waals surface area (Å²) in [6, 6.07) is 17.4. The molecule has 1 N–H and O–H groups in total. The second-order valence-electron chi connectivity index (χ2n) is 7.97. The molecule has 1 saturated heterocycles. The van der Waals surface area contributed by atoms with Crippen molar-refractivity contribution in [3.05, 3.63) is 71.4 Å². The van der Waals surface area contributed by atoms with Crippen LogP contribution >= 0.6 is 0 Å². The summed E-state index contributed by atoms with van der Waals surface area (Å²) in [6.07, 6.45) is 7.85. The Hall–Kier alpha value is -2.55. The van der Waals surface area contributed by atoms with E-state index in [2.05, 4.69) is 71.5 Å². The number of nitrogens with zero attached hydrogens (tertiary/aromatic N) is 1. The van der Waals surface area contributed by atoms with Crippen LogP contribution in [0.4, 0.5) is 0 Å². The van der Waals surface area contributed by atoms with E-state index in [1.54, 1.807) is 0 Å². The average Bonchev–Trinajstić information content (AvgIpc) is 3.16. The van der Waals surface area contributed by atoms with Gasteiger partial charge in [-0.3, -0.25) is 4.79 Å². The largest absolute Gasteiger partial charge is 0.361 e. The molecule has 0 aliphatic carbocycles. The van der Waals surface area contributed by atoms with Gasteiger partial charge >= 0.3 is 0 Å². The molecule has 1 fully saturated rings. The van der Waals surface area contributed by atoms with Crippen LogP contribution in [0.3, 0.4) is 0 Å². The van der Waals surface area contributed by atoms with E-state index >= 15 is 0 Å². The molecular formula is C25H30N2O. The molecule has 0 unspecified atom stereocenters. The summed E-state index contributed by atoms with van der Waals surface area (Å²) in [7, 11) is 0. The first kappa shape index (κ1) is 18.8. The minimum atomic E-state index is 0.320. The van der Waals surface area contributed by atoms with Crippen molar-refractivity contribution in [2.45, 2.75) is 51.4 Å². The van der Waals surface area contributed by atoms with Crippen molar-refractivity contribution in [2.75, 3.05) is 13.1 Å². The number of H-pyrrole nitrogens is 1. The Kier molecular flexibility index (Phi) is 5.80. The van der Waals surface area contributed by atoms with Gasteiger partial charge in [0.1, 0.15) is 0 Å². The normalized spacial score (nSPS) is 15.2. The van der Waals surface area contributed by atoms with E-state index in [1.165, 1.54) is 27.6 Å². The molecule has 0 saturated carbocycles. The highest BCUT2D eigenvalue weighted by Crippen LogP contribution is 2.28. The molecule has 146 valence electrons. The minimum absolute atomic E-state index is 0.320. The zero-order chi connectivity index (χ0) is 19.3. The quantitative estimate of drug-likeness (QED) is 0.611. The number of carbonyl (C=O) groups excluding carboxylic acids is 1.